The topological polar surface area (TPSA) is 114 Å². The molecule has 1 aromatic heterocycles. The zero-order valence-corrected chi connectivity index (χ0v) is 10.3. The first-order valence-corrected chi connectivity index (χ1v) is 5.93. The second kappa shape index (κ2) is 4.29. The molecule has 0 amide bonds. The van der Waals surface area contributed by atoms with Gasteiger partial charge in [-0.2, -0.15) is 0 Å². The van der Waals surface area contributed by atoms with Gasteiger partial charge in [-0.05, 0) is 0 Å². The van der Waals surface area contributed by atoms with Gasteiger partial charge in [0.05, 0.1) is 13.2 Å². The van der Waals surface area contributed by atoms with Crippen LogP contribution in [0.3, 0.4) is 0 Å². The molecule has 20 heavy (non-hydrogen) atoms. The van der Waals surface area contributed by atoms with Crippen LogP contribution in [-0.2, 0) is 9.47 Å². The fourth-order valence-electron chi connectivity index (χ4n) is 2.53. The van der Waals surface area contributed by atoms with Crippen LogP contribution in [0.4, 0.5) is 0 Å². The lowest BCUT2D eigenvalue weighted by Gasteiger charge is -2.29. The second-order valence-corrected chi connectivity index (χ2v) is 4.81. The highest BCUT2D eigenvalue weighted by Crippen LogP contribution is 2.44. The van der Waals surface area contributed by atoms with Gasteiger partial charge in [-0.25, -0.2) is 4.79 Å². The molecular weight excluding hydrogens is 268 g/mol. The standard InChI is InChI=1S/C12H12N2O6/c1-2-6-3-14(11(18)13-9(6)17)10-7-8(16)12(4-15,20-10)5-19-7/h1,3,7-8,10,15-16H,4-5H2,(H,13,17,18)/t7-,8?,10+,12-/m0/s1. The monoisotopic (exact) mass is 280 g/mol. The maximum atomic E-state index is 11.8. The first-order valence-electron chi connectivity index (χ1n) is 5.93. The molecule has 2 saturated heterocycles. The molecule has 8 nitrogen and oxygen atoms in total. The molecule has 8 heteroatoms. The van der Waals surface area contributed by atoms with Crippen LogP contribution in [0.15, 0.2) is 15.8 Å². The van der Waals surface area contributed by atoms with E-state index in [9.17, 15) is 19.8 Å². The molecule has 1 aromatic rings. The van der Waals surface area contributed by atoms with Crippen molar-refractivity contribution in [2.24, 2.45) is 0 Å². The van der Waals surface area contributed by atoms with Gasteiger partial charge in [0.1, 0.15) is 23.4 Å². The van der Waals surface area contributed by atoms with Crippen molar-refractivity contribution in [3.05, 3.63) is 32.6 Å². The summed E-state index contributed by atoms with van der Waals surface area (Å²) in [6.07, 6.45) is 3.52. The van der Waals surface area contributed by atoms with E-state index in [1.807, 2.05) is 0 Å². The van der Waals surface area contributed by atoms with Gasteiger partial charge in [-0.1, -0.05) is 5.92 Å². The summed E-state index contributed by atoms with van der Waals surface area (Å²) in [5.74, 6) is 2.15. The number of H-pyrrole nitrogens is 1. The summed E-state index contributed by atoms with van der Waals surface area (Å²) in [7, 11) is 0. The lowest BCUT2D eigenvalue weighted by atomic mass is 10.0. The quantitative estimate of drug-likeness (QED) is 0.518. The van der Waals surface area contributed by atoms with Gasteiger partial charge in [-0.15, -0.1) is 6.42 Å². The average Bonchev–Trinajstić information content (AvgIpc) is 2.90. The van der Waals surface area contributed by atoms with Crippen molar-refractivity contribution >= 4 is 0 Å². The van der Waals surface area contributed by atoms with E-state index in [1.165, 1.54) is 6.20 Å². The third kappa shape index (κ3) is 1.58. The number of aliphatic hydroxyl groups excluding tert-OH is 2. The van der Waals surface area contributed by atoms with Crippen LogP contribution in [0.5, 0.6) is 0 Å². The minimum atomic E-state index is -1.25. The molecule has 1 unspecified atom stereocenters. The third-order valence-corrected chi connectivity index (χ3v) is 3.67. The molecule has 2 aliphatic rings. The molecule has 0 radical (unpaired) electrons. The summed E-state index contributed by atoms with van der Waals surface area (Å²) >= 11 is 0. The van der Waals surface area contributed by atoms with Crippen molar-refractivity contribution in [1.29, 1.82) is 0 Å². The maximum absolute atomic E-state index is 11.8. The predicted octanol–water partition coefficient (Wildman–Crippen LogP) is -2.46. The van der Waals surface area contributed by atoms with E-state index < -0.39 is 41.9 Å². The van der Waals surface area contributed by atoms with E-state index in [-0.39, 0.29) is 12.2 Å². The third-order valence-electron chi connectivity index (χ3n) is 3.67. The average molecular weight is 280 g/mol. The minimum Gasteiger partial charge on any atom is -0.393 e. The van der Waals surface area contributed by atoms with E-state index in [2.05, 4.69) is 10.9 Å². The molecule has 3 heterocycles. The number of nitrogens with zero attached hydrogens (tertiary/aromatic N) is 1. The summed E-state index contributed by atoms with van der Waals surface area (Å²) in [6.45, 7) is -0.410. The SMILES string of the molecule is C#Cc1cn([C@@H]2O[C@@]3(CO)CO[C@H]2C3O)c(=O)[nH]c1=O. The molecule has 3 rings (SSSR count). The summed E-state index contributed by atoms with van der Waals surface area (Å²) in [4.78, 5) is 25.3. The predicted molar refractivity (Wildman–Crippen MR) is 64.9 cm³/mol. The molecule has 0 spiro atoms. The van der Waals surface area contributed by atoms with Gasteiger partial charge < -0.3 is 19.7 Å². The Kier molecular flexibility index (Phi) is 2.81. The fraction of sp³-hybridized carbons (Fsp3) is 0.500. The Balaban J connectivity index is 2.07. The summed E-state index contributed by atoms with van der Waals surface area (Å²) in [5.41, 5.74) is -2.68. The molecule has 106 valence electrons. The molecular formula is C12H12N2O6. The van der Waals surface area contributed by atoms with Gasteiger partial charge in [-0.3, -0.25) is 14.3 Å². The Morgan fingerprint density at radius 3 is 2.95 bits per heavy atom. The van der Waals surface area contributed by atoms with Gasteiger partial charge in [0, 0.05) is 6.20 Å². The lowest BCUT2D eigenvalue weighted by Crippen LogP contribution is -2.44. The number of nitrogens with one attached hydrogen (secondary N) is 1. The van der Waals surface area contributed by atoms with Crippen molar-refractivity contribution in [3.63, 3.8) is 0 Å². The van der Waals surface area contributed by atoms with Gasteiger partial charge in [0.2, 0.25) is 0 Å². The largest absolute Gasteiger partial charge is 0.393 e. The second-order valence-electron chi connectivity index (χ2n) is 4.81. The number of hydrogen-bond acceptors (Lipinski definition) is 6. The molecule has 0 saturated carbocycles. The van der Waals surface area contributed by atoms with E-state index in [4.69, 9.17) is 15.9 Å². The van der Waals surface area contributed by atoms with Crippen molar-refractivity contribution < 1.29 is 19.7 Å². The van der Waals surface area contributed by atoms with Crippen LogP contribution in [-0.4, -0.2) is 50.8 Å². The molecule has 0 aromatic carbocycles. The molecule has 2 bridgehead atoms. The zero-order chi connectivity index (χ0) is 14.5. The van der Waals surface area contributed by atoms with Gasteiger partial charge >= 0.3 is 5.69 Å². The lowest BCUT2D eigenvalue weighted by molar-refractivity contribution is -0.187. The van der Waals surface area contributed by atoms with Crippen LogP contribution in [0.2, 0.25) is 0 Å². The summed E-state index contributed by atoms with van der Waals surface area (Å²) in [5, 5.41) is 19.4. The minimum absolute atomic E-state index is 0.0337. The number of fused-ring (bicyclic) bond motifs is 2. The van der Waals surface area contributed by atoms with Gasteiger partial charge in [0.25, 0.3) is 5.56 Å². The number of aromatic nitrogens is 2. The highest BCUT2D eigenvalue weighted by molar-refractivity contribution is 5.26. The maximum Gasteiger partial charge on any atom is 0.330 e. The number of ether oxygens (including phenoxy) is 2. The normalized spacial score (nSPS) is 35.1. The number of aliphatic hydroxyl groups is 2. The van der Waals surface area contributed by atoms with Crippen LogP contribution in [0.25, 0.3) is 0 Å². The van der Waals surface area contributed by atoms with Crippen molar-refractivity contribution in [1.82, 2.24) is 9.55 Å². The first kappa shape index (κ1) is 13.1. The number of terminal acetylenes is 1. The summed E-state index contributed by atoms with van der Waals surface area (Å²) < 4.78 is 12.0. The van der Waals surface area contributed by atoms with Crippen molar-refractivity contribution in [3.8, 4) is 12.3 Å². The Bertz CT molecular complexity index is 701. The Morgan fingerprint density at radius 2 is 2.35 bits per heavy atom. The number of rotatable bonds is 2. The van der Waals surface area contributed by atoms with Crippen LogP contribution in [0, 0.1) is 12.3 Å². The fourth-order valence-corrected chi connectivity index (χ4v) is 2.53. The highest BCUT2D eigenvalue weighted by atomic mass is 16.7. The number of hydrogen-bond donors (Lipinski definition) is 3. The van der Waals surface area contributed by atoms with E-state index >= 15 is 0 Å². The Morgan fingerprint density at radius 1 is 1.60 bits per heavy atom. The van der Waals surface area contributed by atoms with Gasteiger partial charge in [0.15, 0.2) is 6.23 Å². The van der Waals surface area contributed by atoms with Crippen molar-refractivity contribution in [2.75, 3.05) is 13.2 Å². The van der Waals surface area contributed by atoms with Crippen LogP contribution in [0.1, 0.15) is 11.8 Å². The van der Waals surface area contributed by atoms with Crippen LogP contribution >= 0.6 is 0 Å². The smallest absolute Gasteiger partial charge is 0.330 e. The van der Waals surface area contributed by atoms with E-state index in [0.717, 1.165) is 4.57 Å². The zero-order valence-electron chi connectivity index (χ0n) is 10.3. The molecule has 3 N–H and O–H groups in total. The Hall–Kier alpha value is -1.92. The summed E-state index contributed by atoms with van der Waals surface area (Å²) in [6, 6.07) is 0. The van der Waals surface area contributed by atoms with E-state index in [1.54, 1.807) is 0 Å². The molecule has 0 aliphatic carbocycles. The van der Waals surface area contributed by atoms with E-state index in [0.29, 0.717) is 0 Å². The van der Waals surface area contributed by atoms with Crippen molar-refractivity contribution in [2.45, 2.75) is 24.0 Å². The molecule has 2 aliphatic heterocycles. The molecule has 4 atom stereocenters. The Labute approximate surface area is 112 Å². The first-order chi connectivity index (χ1) is 9.52. The highest BCUT2D eigenvalue weighted by Gasteiger charge is 2.61. The van der Waals surface area contributed by atoms with Crippen LogP contribution < -0.4 is 11.2 Å². The number of aromatic amines is 1. The molecule has 2 fully saturated rings.